The van der Waals surface area contributed by atoms with Gasteiger partial charge in [-0.1, -0.05) is 26.0 Å². The van der Waals surface area contributed by atoms with Crippen molar-refractivity contribution >= 4 is 22.6 Å². The molecule has 1 atom stereocenters. The Kier molecular flexibility index (Phi) is 5.81. The van der Waals surface area contributed by atoms with Crippen LogP contribution < -0.4 is 5.73 Å². The zero-order valence-corrected chi connectivity index (χ0v) is 15.2. The number of nitrogens with two attached hydrogens (primary N) is 1. The molecule has 114 valence electrons. The molecule has 4 heteroatoms. The van der Waals surface area contributed by atoms with E-state index in [4.69, 9.17) is 10.8 Å². The first kappa shape index (κ1) is 16.5. The van der Waals surface area contributed by atoms with E-state index in [0.717, 1.165) is 25.8 Å². The fourth-order valence-electron chi connectivity index (χ4n) is 2.72. The molecule has 0 radical (unpaired) electrons. The van der Waals surface area contributed by atoms with Gasteiger partial charge in [-0.05, 0) is 72.0 Å². The Balaban J connectivity index is 2.34. The number of rotatable bonds is 6. The van der Waals surface area contributed by atoms with Crippen LogP contribution in [-0.4, -0.2) is 15.8 Å². The Bertz CT molecular complexity index is 585. The summed E-state index contributed by atoms with van der Waals surface area (Å²) in [5, 5.41) is 4.83. The zero-order valence-electron chi connectivity index (χ0n) is 13.1. The van der Waals surface area contributed by atoms with Gasteiger partial charge in [-0.2, -0.15) is 5.10 Å². The van der Waals surface area contributed by atoms with Crippen molar-refractivity contribution in [1.29, 1.82) is 0 Å². The fraction of sp³-hybridized carbons (Fsp3) is 0.471. The van der Waals surface area contributed by atoms with E-state index < -0.39 is 0 Å². The zero-order chi connectivity index (χ0) is 15.4. The van der Waals surface area contributed by atoms with Crippen LogP contribution in [-0.2, 0) is 25.8 Å². The first-order valence-corrected chi connectivity index (χ1v) is 8.70. The summed E-state index contributed by atoms with van der Waals surface area (Å²) in [5.74, 6) is 0. The number of nitrogens with zero attached hydrogens (tertiary/aromatic N) is 2. The lowest BCUT2D eigenvalue weighted by Crippen LogP contribution is -2.19. The monoisotopic (exact) mass is 397 g/mol. The Morgan fingerprint density at radius 2 is 1.86 bits per heavy atom. The molecule has 0 aliphatic rings. The van der Waals surface area contributed by atoms with Crippen molar-refractivity contribution < 1.29 is 0 Å². The molecule has 0 aliphatic heterocycles. The second kappa shape index (κ2) is 7.40. The fourth-order valence-corrected chi connectivity index (χ4v) is 3.08. The van der Waals surface area contributed by atoms with E-state index in [1.54, 1.807) is 0 Å². The van der Waals surface area contributed by atoms with Gasteiger partial charge in [0.15, 0.2) is 0 Å². The van der Waals surface area contributed by atoms with E-state index in [9.17, 15) is 0 Å². The minimum Gasteiger partial charge on any atom is -0.328 e. The van der Waals surface area contributed by atoms with E-state index >= 15 is 0 Å². The third-order valence-electron chi connectivity index (χ3n) is 3.69. The second-order valence-corrected chi connectivity index (χ2v) is 6.79. The molecule has 0 saturated carbocycles. The predicted octanol–water partition coefficient (Wildman–Crippen LogP) is 3.55. The van der Waals surface area contributed by atoms with Gasteiger partial charge >= 0.3 is 0 Å². The van der Waals surface area contributed by atoms with Crippen LogP contribution in [0.15, 0.2) is 24.3 Å². The highest BCUT2D eigenvalue weighted by Gasteiger charge is 2.16. The van der Waals surface area contributed by atoms with Crippen LogP contribution in [0.25, 0.3) is 0 Å². The SMILES string of the molecule is CCc1nn(Cc2ccc(I)cc2)c(CC)c1CC(C)N. The molecule has 1 unspecified atom stereocenters. The quantitative estimate of drug-likeness (QED) is 0.758. The van der Waals surface area contributed by atoms with Crippen LogP contribution >= 0.6 is 22.6 Å². The minimum atomic E-state index is 0.177. The van der Waals surface area contributed by atoms with Gasteiger partial charge in [0.2, 0.25) is 0 Å². The van der Waals surface area contributed by atoms with Gasteiger partial charge in [0.1, 0.15) is 0 Å². The van der Waals surface area contributed by atoms with Crippen LogP contribution in [0.4, 0.5) is 0 Å². The molecule has 0 aliphatic carbocycles. The first-order valence-electron chi connectivity index (χ1n) is 7.62. The maximum Gasteiger partial charge on any atom is 0.0662 e. The maximum absolute atomic E-state index is 6.01. The molecular formula is C17H24IN3. The molecule has 0 bridgehead atoms. The third kappa shape index (κ3) is 4.07. The van der Waals surface area contributed by atoms with Crippen LogP contribution in [0.1, 0.15) is 43.3 Å². The molecule has 21 heavy (non-hydrogen) atoms. The molecule has 1 aromatic carbocycles. The summed E-state index contributed by atoms with van der Waals surface area (Å²) >= 11 is 2.33. The van der Waals surface area contributed by atoms with Gasteiger partial charge in [0.05, 0.1) is 12.2 Å². The first-order chi connectivity index (χ1) is 10.0. The normalized spacial score (nSPS) is 12.6. The van der Waals surface area contributed by atoms with Gasteiger partial charge in [-0.25, -0.2) is 0 Å². The Labute approximate surface area is 141 Å². The molecule has 2 aromatic rings. The van der Waals surface area contributed by atoms with Crippen molar-refractivity contribution in [2.75, 3.05) is 0 Å². The molecule has 2 rings (SSSR count). The number of aryl methyl sites for hydroxylation is 1. The van der Waals surface area contributed by atoms with E-state index in [1.165, 1.54) is 26.1 Å². The van der Waals surface area contributed by atoms with Crippen molar-refractivity contribution in [1.82, 2.24) is 9.78 Å². The van der Waals surface area contributed by atoms with E-state index in [-0.39, 0.29) is 6.04 Å². The topological polar surface area (TPSA) is 43.8 Å². The summed E-state index contributed by atoms with van der Waals surface area (Å²) in [6.45, 7) is 7.27. The lowest BCUT2D eigenvalue weighted by atomic mass is 10.0. The summed E-state index contributed by atoms with van der Waals surface area (Å²) < 4.78 is 3.43. The van der Waals surface area contributed by atoms with Crippen LogP contribution in [0, 0.1) is 3.57 Å². The largest absolute Gasteiger partial charge is 0.328 e. The summed E-state index contributed by atoms with van der Waals surface area (Å²) in [6, 6.07) is 8.83. The summed E-state index contributed by atoms with van der Waals surface area (Å²) in [4.78, 5) is 0. The number of halogens is 1. The Morgan fingerprint density at radius 3 is 2.38 bits per heavy atom. The van der Waals surface area contributed by atoms with Crippen molar-refractivity contribution in [2.45, 2.75) is 52.6 Å². The predicted molar refractivity (Wildman–Crippen MR) is 96.6 cm³/mol. The van der Waals surface area contributed by atoms with Gasteiger partial charge in [0, 0.05) is 15.3 Å². The number of aromatic nitrogens is 2. The van der Waals surface area contributed by atoms with Crippen molar-refractivity contribution in [3.63, 3.8) is 0 Å². The average Bonchev–Trinajstić information content (AvgIpc) is 2.77. The van der Waals surface area contributed by atoms with Gasteiger partial charge < -0.3 is 5.73 Å². The lowest BCUT2D eigenvalue weighted by Gasteiger charge is -2.10. The molecule has 0 saturated heterocycles. The van der Waals surface area contributed by atoms with E-state index in [0.29, 0.717) is 0 Å². The second-order valence-electron chi connectivity index (χ2n) is 5.54. The maximum atomic E-state index is 6.01. The van der Waals surface area contributed by atoms with Crippen molar-refractivity contribution in [2.24, 2.45) is 5.73 Å². The number of benzene rings is 1. The average molecular weight is 397 g/mol. The Hall–Kier alpha value is -0.880. The summed E-state index contributed by atoms with van der Waals surface area (Å²) in [6.07, 6.45) is 2.88. The van der Waals surface area contributed by atoms with E-state index in [2.05, 4.69) is 72.3 Å². The van der Waals surface area contributed by atoms with E-state index in [1.807, 2.05) is 0 Å². The van der Waals surface area contributed by atoms with Gasteiger partial charge in [-0.3, -0.25) is 4.68 Å². The highest BCUT2D eigenvalue weighted by Crippen LogP contribution is 2.19. The number of hydrogen-bond donors (Lipinski definition) is 1. The minimum absolute atomic E-state index is 0.177. The molecule has 2 N–H and O–H groups in total. The standard InChI is InChI=1S/C17H24IN3/c1-4-16-15(10-12(3)19)17(5-2)21(20-16)11-13-6-8-14(18)9-7-13/h6-9,12H,4-5,10-11,19H2,1-3H3. The summed E-state index contributed by atoms with van der Waals surface area (Å²) in [7, 11) is 0. The molecule has 1 heterocycles. The third-order valence-corrected chi connectivity index (χ3v) is 4.41. The lowest BCUT2D eigenvalue weighted by molar-refractivity contribution is 0.637. The van der Waals surface area contributed by atoms with Crippen molar-refractivity contribution in [3.8, 4) is 0 Å². The molecule has 0 spiro atoms. The van der Waals surface area contributed by atoms with Crippen LogP contribution in [0.5, 0.6) is 0 Å². The molecule has 0 amide bonds. The molecule has 0 fully saturated rings. The smallest absolute Gasteiger partial charge is 0.0662 e. The van der Waals surface area contributed by atoms with Crippen LogP contribution in [0.3, 0.4) is 0 Å². The summed E-state index contributed by atoms with van der Waals surface area (Å²) in [5.41, 5.74) is 11.2. The number of hydrogen-bond acceptors (Lipinski definition) is 2. The molecular weight excluding hydrogens is 373 g/mol. The molecule has 3 nitrogen and oxygen atoms in total. The van der Waals surface area contributed by atoms with Crippen LogP contribution in [0.2, 0.25) is 0 Å². The highest BCUT2D eigenvalue weighted by atomic mass is 127. The van der Waals surface area contributed by atoms with Gasteiger partial charge in [-0.15, -0.1) is 0 Å². The highest BCUT2D eigenvalue weighted by molar-refractivity contribution is 14.1. The molecule has 1 aromatic heterocycles. The van der Waals surface area contributed by atoms with Gasteiger partial charge in [0.25, 0.3) is 0 Å². The van der Waals surface area contributed by atoms with Crippen molar-refractivity contribution in [3.05, 3.63) is 50.4 Å². The Morgan fingerprint density at radius 1 is 1.19 bits per heavy atom.